The van der Waals surface area contributed by atoms with Crippen LogP contribution in [0.25, 0.3) is 0 Å². The van der Waals surface area contributed by atoms with E-state index in [4.69, 9.17) is 17.0 Å². The third-order valence-corrected chi connectivity index (χ3v) is 3.06. The van der Waals surface area contributed by atoms with Crippen LogP contribution < -0.4 is 10.6 Å². The van der Waals surface area contributed by atoms with Crippen molar-refractivity contribution in [3.05, 3.63) is 59.9 Å². The number of carbonyl (C=O) groups excluding carboxylic acids is 1. The van der Waals surface area contributed by atoms with Crippen LogP contribution in [0, 0.1) is 0 Å². The highest BCUT2D eigenvalue weighted by atomic mass is 32.1. The van der Waals surface area contributed by atoms with Crippen LogP contribution >= 0.6 is 12.2 Å². The summed E-state index contributed by atoms with van der Waals surface area (Å²) in [6.45, 7) is 2.69. The molecule has 0 unspecified atom stereocenters. The molecule has 0 spiro atoms. The zero-order chi connectivity index (χ0) is 15.8. The minimum atomic E-state index is -0.329. The lowest BCUT2D eigenvalue weighted by Crippen LogP contribution is -2.28. The predicted molar refractivity (Wildman–Crippen MR) is 89.7 cm³/mol. The van der Waals surface area contributed by atoms with E-state index in [9.17, 15) is 4.79 Å². The number of aromatic nitrogens is 1. The highest BCUT2D eigenvalue weighted by Crippen LogP contribution is 2.10. The highest BCUT2D eigenvalue weighted by Gasteiger charge is 2.06. The summed E-state index contributed by atoms with van der Waals surface area (Å²) < 4.78 is 4.93. The number of benzene rings is 1. The van der Waals surface area contributed by atoms with Crippen molar-refractivity contribution in [2.24, 2.45) is 0 Å². The average molecular weight is 315 g/mol. The summed E-state index contributed by atoms with van der Waals surface area (Å²) >= 11 is 5.22. The van der Waals surface area contributed by atoms with E-state index >= 15 is 0 Å². The molecule has 0 saturated carbocycles. The summed E-state index contributed by atoms with van der Waals surface area (Å²) in [4.78, 5) is 15.8. The molecule has 5 nitrogen and oxygen atoms in total. The Labute approximate surface area is 134 Å². The standard InChI is InChI=1S/C16H17N3O2S/c1-2-21-15(20)12-6-8-13(9-7-12)19-16(22)18-11-14-5-3-4-10-17-14/h3-10H,2,11H2,1H3,(H2,18,19,22). The molecule has 0 aliphatic rings. The lowest BCUT2D eigenvalue weighted by molar-refractivity contribution is 0.0526. The number of carbonyl (C=O) groups is 1. The Morgan fingerprint density at radius 2 is 2.00 bits per heavy atom. The van der Waals surface area contributed by atoms with Gasteiger partial charge in [0.25, 0.3) is 0 Å². The van der Waals surface area contributed by atoms with Gasteiger partial charge in [-0.2, -0.15) is 0 Å². The second-order valence-corrected chi connectivity index (χ2v) is 4.83. The Morgan fingerprint density at radius 1 is 1.23 bits per heavy atom. The van der Waals surface area contributed by atoms with Crippen LogP contribution in [0.15, 0.2) is 48.7 Å². The first-order chi connectivity index (χ1) is 10.7. The molecule has 1 heterocycles. The molecular weight excluding hydrogens is 298 g/mol. The molecule has 0 amide bonds. The van der Waals surface area contributed by atoms with Crippen molar-refractivity contribution in [2.75, 3.05) is 11.9 Å². The molecule has 114 valence electrons. The SMILES string of the molecule is CCOC(=O)c1ccc(NC(=S)NCc2ccccn2)cc1. The van der Waals surface area contributed by atoms with E-state index in [1.54, 1.807) is 37.4 Å². The van der Waals surface area contributed by atoms with Gasteiger partial charge in [0.1, 0.15) is 0 Å². The van der Waals surface area contributed by atoms with E-state index in [2.05, 4.69) is 15.6 Å². The third kappa shape index (κ3) is 4.82. The van der Waals surface area contributed by atoms with Gasteiger partial charge in [0.05, 0.1) is 24.4 Å². The summed E-state index contributed by atoms with van der Waals surface area (Å²) in [6, 6.07) is 12.7. The maximum atomic E-state index is 11.5. The molecule has 1 aromatic heterocycles. The van der Waals surface area contributed by atoms with Gasteiger partial charge in [-0.3, -0.25) is 4.98 Å². The Kier molecular flexibility index (Phi) is 5.85. The number of esters is 1. The molecule has 0 aliphatic heterocycles. The smallest absolute Gasteiger partial charge is 0.338 e. The normalized spacial score (nSPS) is 9.86. The van der Waals surface area contributed by atoms with Gasteiger partial charge in [-0.15, -0.1) is 0 Å². The molecule has 2 aromatic rings. The molecule has 0 bridgehead atoms. The van der Waals surface area contributed by atoms with E-state index in [-0.39, 0.29) is 5.97 Å². The monoisotopic (exact) mass is 315 g/mol. The van der Waals surface area contributed by atoms with Crippen molar-refractivity contribution in [3.63, 3.8) is 0 Å². The zero-order valence-electron chi connectivity index (χ0n) is 12.2. The first-order valence-electron chi connectivity index (χ1n) is 6.91. The maximum Gasteiger partial charge on any atom is 0.338 e. The van der Waals surface area contributed by atoms with Crippen LogP contribution in [0.3, 0.4) is 0 Å². The summed E-state index contributed by atoms with van der Waals surface area (Å²) in [5.74, 6) is -0.329. The lowest BCUT2D eigenvalue weighted by Gasteiger charge is -2.10. The Hall–Kier alpha value is -2.47. The molecule has 0 atom stereocenters. The highest BCUT2D eigenvalue weighted by molar-refractivity contribution is 7.80. The summed E-state index contributed by atoms with van der Waals surface area (Å²) in [7, 11) is 0. The molecule has 0 radical (unpaired) electrons. The topological polar surface area (TPSA) is 63.2 Å². The second kappa shape index (κ2) is 8.09. The van der Waals surface area contributed by atoms with E-state index in [0.717, 1.165) is 11.4 Å². The Morgan fingerprint density at radius 3 is 2.64 bits per heavy atom. The summed E-state index contributed by atoms with van der Waals surface area (Å²) in [5, 5.41) is 6.62. The lowest BCUT2D eigenvalue weighted by atomic mass is 10.2. The van der Waals surface area contributed by atoms with Crippen molar-refractivity contribution in [3.8, 4) is 0 Å². The van der Waals surface area contributed by atoms with Gasteiger partial charge in [0.2, 0.25) is 0 Å². The van der Waals surface area contributed by atoms with E-state index in [0.29, 0.717) is 23.8 Å². The molecule has 1 aromatic carbocycles. The number of hydrogen-bond acceptors (Lipinski definition) is 4. The molecule has 22 heavy (non-hydrogen) atoms. The van der Waals surface area contributed by atoms with Crippen molar-refractivity contribution in [1.29, 1.82) is 0 Å². The van der Waals surface area contributed by atoms with E-state index < -0.39 is 0 Å². The molecule has 0 fully saturated rings. The Bertz CT molecular complexity index is 630. The van der Waals surface area contributed by atoms with Crippen LogP contribution in [-0.4, -0.2) is 22.7 Å². The Balaban J connectivity index is 1.85. The number of anilines is 1. The number of hydrogen-bond donors (Lipinski definition) is 2. The molecule has 2 rings (SSSR count). The molecule has 0 saturated heterocycles. The van der Waals surface area contributed by atoms with Crippen molar-refractivity contribution in [1.82, 2.24) is 10.3 Å². The van der Waals surface area contributed by atoms with Gasteiger partial charge in [-0.05, 0) is 55.5 Å². The summed E-state index contributed by atoms with van der Waals surface area (Å²) in [6.07, 6.45) is 1.74. The predicted octanol–water partition coefficient (Wildman–Crippen LogP) is 2.74. The van der Waals surface area contributed by atoms with Gasteiger partial charge in [0, 0.05) is 11.9 Å². The molecule has 6 heteroatoms. The fourth-order valence-corrected chi connectivity index (χ4v) is 1.94. The van der Waals surface area contributed by atoms with Crippen molar-refractivity contribution in [2.45, 2.75) is 13.5 Å². The van der Waals surface area contributed by atoms with Gasteiger partial charge in [0.15, 0.2) is 5.11 Å². The number of nitrogens with one attached hydrogen (secondary N) is 2. The number of pyridine rings is 1. The van der Waals surface area contributed by atoms with E-state index in [1.165, 1.54) is 0 Å². The molecular formula is C16H17N3O2S. The van der Waals surface area contributed by atoms with Crippen LogP contribution in [0.5, 0.6) is 0 Å². The van der Waals surface area contributed by atoms with E-state index in [1.807, 2.05) is 18.2 Å². The minimum Gasteiger partial charge on any atom is -0.462 e. The van der Waals surface area contributed by atoms with Crippen LogP contribution in [-0.2, 0) is 11.3 Å². The van der Waals surface area contributed by atoms with Crippen molar-refractivity contribution >= 4 is 29.0 Å². The first-order valence-corrected chi connectivity index (χ1v) is 7.32. The van der Waals surface area contributed by atoms with Gasteiger partial charge in [-0.1, -0.05) is 6.07 Å². The maximum absolute atomic E-state index is 11.5. The molecule has 0 aliphatic carbocycles. The third-order valence-electron chi connectivity index (χ3n) is 2.81. The first kappa shape index (κ1) is 15.9. The summed E-state index contributed by atoms with van der Waals surface area (Å²) in [5.41, 5.74) is 2.22. The average Bonchev–Trinajstić information content (AvgIpc) is 2.55. The largest absolute Gasteiger partial charge is 0.462 e. The number of nitrogens with zero attached hydrogens (tertiary/aromatic N) is 1. The molecule has 2 N–H and O–H groups in total. The van der Waals surface area contributed by atoms with Gasteiger partial charge < -0.3 is 15.4 Å². The quantitative estimate of drug-likeness (QED) is 0.653. The number of thiocarbonyl (C=S) groups is 1. The van der Waals surface area contributed by atoms with Crippen LogP contribution in [0.1, 0.15) is 23.0 Å². The van der Waals surface area contributed by atoms with Crippen LogP contribution in [0.4, 0.5) is 5.69 Å². The second-order valence-electron chi connectivity index (χ2n) is 4.43. The van der Waals surface area contributed by atoms with Crippen molar-refractivity contribution < 1.29 is 9.53 Å². The number of ether oxygens (including phenoxy) is 1. The fraction of sp³-hybridized carbons (Fsp3) is 0.188. The fourth-order valence-electron chi connectivity index (χ4n) is 1.75. The van der Waals surface area contributed by atoms with Gasteiger partial charge >= 0.3 is 5.97 Å². The minimum absolute atomic E-state index is 0.329. The zero-order valence-corrected chi connectivity index (χ0v) is 13.0. The number of rotatable bonds is 5. The van der Waals surface area contributed by atoms with Crippen LogP contribution in [0.2, 0.25) is 0 Å². The van der Waals surface area contributed by atoms with Gasteiger partial charge in [-0.25, -0.2) is 4.79 Å².